The van der Waals surface area contributed by atoms with Gasteiger partial charge in [0.25, 0.3) is 0 Å². The van der Waals surface area contributed by atoms with Crippen molar-refractivity contribution in [3.8, 4) is 29.0 Å². The highest BCUT2D eigenvalue weighted by atomic mass is 16.5. The van der Waals surface area contributed by atoms with Gasteiger partial charge < -0.3 is 4.74 Å². The van der Waals surface area contributed by atoms with Crippen molar-refractivity contribution in [2.24, 2.45) is 0 Å². The van der Waals surface area contributed by atoms with Crippen molar-refractivity contribution in [1.29, 1.82) is 0 Å². The molecule has 2 aromatic heterocycles. The van der Waals surface area contributed by atoms with Crippen LogP contribution in [0.25, 0.3) is 11.4 Å². The number of hydrogen-bond acceptors (Lipinski definition) is 4. The molecular weight excluding hydrogens is 350 g/mol. The molecule has 0 bridgehead atoms. The highest BCUT2D eigenvalue weighted by Crippen LogP contribution is 2.20. The van der Waals surface area contributed by atoms with E-state index in [1.807, 2.05) is 30.3 Å². The van der Waals surface area contributed by atoms with Gasteiger partial charge in [0.2, 0.25) is 0 Å². The van der Waals surface area contributed by atoms with Crippen molar-refractivity contribution in [2.45, 2.75) is 32.6 Å². The molecule has 28 heavy (non-hydrogen) atoms. The average Bonchev–Trinajstić information content (AvgIpc) is 3.22. The largest absolute Gasteiger partial charge is 0.492 e. The molecule has 0 spiro atoms. The van der Waals surface area contributed by atoms with E-state index >= 15 is 0 Å². The summed E-state index contributed by atoms with van der Waals surface area (Å²) in [5, 5.41) is 7.18. The topological polar surface area (TPSA) is 67.9 Å². The zero-order valence-electron chi connectivity index (χ0n) is 15.9. The third kappa shape index (κ3) is 5.31. The van der Waals surface area contributed by atoms with Crippen LogP contribution in [0.2, 0.25) is 0 Å². The maximum atomic E-state index is 11.1. The van der Waals surface area contributed by atoms with Crippen LogP contribution in [-0.2, 0) is 0 Å². The Bertz CT molecular complexity index is 968. The van der Waals surface area contributed by atoms with Gasteiger partial charge in [0.05, 0.1) is 17.9 Å². The second-order valence-electron chi connectivity index (χ2n) is 6.41. The number of benzene rings is 1. The SMILES string of the molecule is CCCCCCOc1cc(C=O)ccc1C#Cc1cc(-c2ccccn2)n[nH]1. The Morgan fingerprint density at radius 3 is 2.79 bits per heavy atom. The minimum Gasteiger partial charge on any atom is -0.492 e. The van der Waals surface area contributed by atoms with Crippen molar-refractivity contribution in [2.75, 3.05) is 6.61 Å². The normalized spacial score (nSPS) is 10.2. The number of carbonyl (C=O) groups is 1. The number of carbonyl (C=O) groups excluding carboxylic acids is 1. The summed E-state index contributed by atoms with van der Waals surface area (Å²) in [6.45, 7) is 2.79. The molecule has 1 aromatic carbocycles. The van der Waals surface area contributed by atoms with Crippen molar-refractivity contribution in [1.82, 2.24) is 15.2 Å². The van der Waals surface area contributed by atoms with Crippen LogP contribution in [0, 0.1) is 11.8 Å². The van der Waals surface area contributed by atoms with Crippen LogP contribution in [0.15, 0.2) is 48.7 Å². The highest BCUT2D eigenvalue weighted by Gasteiger charge is 2.05. The van der Waals surface area contributed by atoms with Gasteiger partial charge in [0.15, 0.2) is 0 Å². The van der Waals surface area contributed by atoms with E-state index in [0.717, 1.165) is 36.1 Å². The van der Waals surface area contributed by atoms with Gasteiger partial charge in [-0.2, -0.15) is 5.10 Å². The van der Waals surface area contributed by atoms with Crippen LogP contribution in [0.1, 0.15) is 54.2 Å². The Morgan fingerprint density at radius 2 is 2.00 bits per heavy atom. The van der Waals surface area contributed by atoms with E-state index < -0.39 is 0 Å². The first-order chi connectivity index (χ1) is 13.8. The van der Waals surface area contributed by atoms with Crippen LogP contribution in [-0.4, -0.2) is 28.1 Å². The second kappa shape index (κ2) is 10.1. The number of aromatic amines is 1. The molecule has 0 amide bonds. The van der Waals surface area contributed by atoms with E-state index in [9.17, 15) is 4.79 Å². The lowest BCUT2D eigenvalue weighted by molar-refractivity contribution is 0.112. The predicted octanol–water partition coefficient (Wildman–Crippen LogP) is 4.64. The predicted molar refractivity (Wildman–Crippen MR) is 109 cm³/mol. The maximum absolute atomic E-state index is 11.1. The van der Waals surface area contributed by atoms with Gasteiger partial charge in [0, 0.05) is 17.8 Å². The van der Waals surface area contributed by atoms with Crippen molar-refractivity contribution >= 4 is 6.29 Å². The molecule has 142 valence electrons. The van der Waals surface area contributed by atoms with E-state index in [1.165, 1.54) is 12.8 Å². The van der Waals surface area contributed by atoms with Crippen LogP contribution in [0.4, 0.5) is 0 Å². The Kier molecular flexibility index (Phi) is 6.97. The van der Waals surface area contributed by atoms with Gasteiger partial charge in [-0.3, -0.25) is 14.9 Å². The van der Waals surface area contributed by atoms with E-state index in [4.69, 9.17) is 4.74 Å². The minimum absolute atomic E-state index is 0.577. The summed E-state index contributed by atoms with van der Waals surface area (Å²) in [7, 11) is 0. The third-order valence-electron chi connectivity index (χ3n) is 4.23. The Balaban J connectivity index is 1.75. The number of aldehydes is 1. The van der Waals surface area contributed by atoms with E-state index in [2.05, 4.69) is 33.9 Å². The maximum Gasteiger partial charge on any atom is 0.150 e. The fourth-order valence-electron chi connectivity index (χ4n) is 2.71. The first-order valence-corrected chi connectivity index (χ1v) is 9.51. The van der Waals surface area contributed by atoms with Crippen LogP contribution in [0.5, 0.6) is 5.75 Å². The molecule has 0 aliphatic rings. The Morgan fingerprint density at radius 1 is 1.07 bits per heavy atom. The van der Waals surface area contributed by atoms with Crippen LogP contribution in [0.3, 0.4) is 0 Å². The van der Waals surface area contributed by atoms with Gasteiger partial charge in [-0.1, -0.05) is 44.2 Å². The summed E-state index contributed by atoms with van der Waals surface area (Å²) >= 11 is 0. The number of aromatic nitrogens is 3. The zero-order chi connectivity index (χ0) is 19.6. The molecule has 1 N–H and O–H groups in total. The minimum atomic E-state index is 0.577. The summed E-state index contributed by atoms with van der Waals surface area (Å²) in [4.78, 5) is 15.4. The molecule has 3 rings (SSSR count). The number of ether oxygens (including phenoxy) is 1. The number of H-pyrrole nitrogens is 1. The average molecular weight is 373 g/mol. The summed E-state index contributed by atoms with van der Waals surface area (Å²) in [6, 6.07) is 12.8. The van der Waals surface area contributed by atoms with Crippen molar-refractivity contribution in [3.63, 3.8) is 0 Å². The molecule has 0 aliphatic carbocycles. The van der Waals surface area contributed by atoms with E-state index in [1.54, 1.807) is 18.3 Å². The fourth-order valence-corrected chi connectivity index (χ4v) is 2.71. The molecule has 0 fully saturated rings. The first-order valence-electron chi connectivity index (χ1n) is 9.51. The molecule has 3 aromatic rings. The van der Waals surface area contributed by atoms with Crippen LogP contribution >= 0.6 is 0 Å². The second-order valence-corrected chi connectivity index (χ2v) is 6.41. The number of nitrogens with one attached hydrogen (secondary N) is 1. The molecule has 0 saturated heterocycles. The molecule has 0 saturated carbocycles. The number of pyridine rings is 1. The lowest BCUT2D eigenvalue weighted by Crippen LogP contribution is -2.00. The molecule has 0 radical (unpaired) electrons. The lowest BCUT2D eigenvalue weighted by atomic mass is 10.1. The molecule has 0 atom stereocenters. The van der Waals surface area contributed by atoms with Crippen LogP contribution < -0.4 is 4.74 Å². The quantitative estimate of drug-likeness (QED) is 0.355. The molecule has 0 unspecified atom stereocenters. The number of unbranched alkanes of at least 4 members (excludes halogenated alkanes) is 3. The summed E-state index contributed by atoms with van der Waals surface area (Å²) in [6.07, 6.45) is 7.05. The van der Waals surface area contributed by atoms with Crippen molar-refractivity contribution in [3.05, 3.63) is 65.5 Å². The molecule has 5 nitrogen and oxygen atoms in total. The van der Waals surface area contributed by atoms with Gasteiger partial charge in [-0.25, -0.2) is 0 Å². The summed E-state index contributed by atoms with van der Waals surface area (Å²) in [5.74, 6) is 6.83. The third-order valence-corrected chi connectivity index (χ3v) is 4.23. The Labute approximate surface area is 165 Å². The molecule has 2 heterocycles. The zero-order valence-corrected chi connectivity index (χ0v) is 15.9. The lowest BCUT2D eigenvalue weighted by Gasteiger charge is -2.08. The summed E-state index contributed by atoms with van der Waals surface area (Å²) in [5.41, 5.74) is 3.55. The van der Waals surface area contributed by atoms with E-state index in [0.29, 0.717) is 23.6 Å². The Hall–Kier alpha value is -3.39. The molecule has 5 heteroatoms. The molecule has 0 aliphatic heterocycles. The summed E-state index contributed by atoms with van der Waals surface area (Å²) < 4.78 is 5.89. The standard InChI is InChI=1S/C23H23N3O2/c1-2-3-4-7-14-28-23-15-18(17-27)9-10-19(23)11-12-20-16-22(26-25-20)21-8-5-6-13-24-21/h5-6,8-10,13,15-17H,2-4,7,14H2,1H3,(H,25,26). The highest BCUT2D eigenvalue weighted by molar-refractivity contribution is 5.76. The van der Waals surface area contributed by atoms with Crippen molar-refractivity contribution < 1.29 is 9.53 Å². The van der Waals surface area contributed by atoms with Gasteiger partial charge in [-0.05, 0) is 36.6 Å². The first kappa shape index (κ1) is 19.4. The number of rotatable bonds is 8. The number of nitrogens with zero attached hydrogens (tertiary/aromatic N) is 2. The number of hydrogen-bond donors (Lipinski definition) is 1. The van der Waals surface area contributed by atoms with Gasteiger partial charge in [0.1, 0.15) is 23.4 Å². The fraction of sp³-hybridized carbons (Fsp3) is 0.261. The van der Waals surface area contributed by atoms with E-state index in [-0.39, 0.29) is 0 Å². The monoisotopic (exact) mass is 373 g/mol. The molecular formula is C23H23N3O2. The smallest absolute Gasteiger partial charge is 0.150 e. The van der Waals surface area contributed by atoms with Gasteiger partial charge in [-0.15, -0.1) is 0 Å². The van der Waals surface area contributed by atoms with Gasteiger partial charge >= 0.3 is 0 Å².